The fourth-order valence-corrected chi connectivity index (χ4v) is 5.49. The Morgan fingerprint density at radius 3 is 2.35 bits per heavy atom. The number of hydrogen-bond donors (Lipinski definition) is 1. The van der Waals surface area contributed by atoms with E-state index >= 15 is 0 Å². The minimum Gasteiger partial charge on any atom is -0.370 e. The molecule has 2 aliphatic rings. The number of hydrogen-bond acceptors (Lipinski definition) is 4. The first-order valence-corrected chi connectivity index (χ1v) is 11.5. The number of fused-ring (bicyclic) bond motifs is 2. The lowest BCUT2D eigenvalue weighted by atomic mass is 10.0. The van der Waals surface area contributed by atoms with E-state index in [1.165, 1.54) is 40.5 Å². The maximum absolute atomic E-state index is 4.66. The molecule has 2 saturated heterocycles. The lowest BCUT2D eigenvalue weighted by Gasteiger charge is -2.44. The summed E-state index contributed by atoms with van der Waals surface area (Å²) >= 11 is 0. The molecule has 0 atom stereocenters. The molecule has 0 spiro atoms. The number of piperazine rings is 1. The second-order valence-electron chi connectivity index (χ2n) is 8.81. The summed E-state index contributed by atoms with van der Waals surface area (Å²) in [4.78, 5) is 15.8. The number of nitrogens with one attached hydrogen (secondary N) is 1. The molecular weight excluding hydrogens is 382 g/mol. The maximum atomic E-state index is 4.66. The molecule has 4 heterocycles. The second kappa shape index (κ2) is 7.89. The standard InChI is InChI=1S/C26H29N5/c1-4-20-5-3-12-28-26(20)25(8-1)30-14-10-21(11-15-30)29-16-18-31(19-17-29)24-7-2-6-23-22(24)9-13-27-23/h1-9,12-13,21,27H,10-11,14-19H2. The summed E-state index contributed by atoms with van der Waals surface area (Å²) < 4.78 is 0. The van der Waals surface area contributed by atoms with Gasteiger partial charge in [-0.05, 0) is 43.2 Å². The number of nitrogens with zero attached hydrogens (tertiary/aromatic N) is 4. The number of aromatic nitrogens is 2. The number of anilines is 2. The minimum atomic E-state index is 0.699. The molecule has 0 bridgehead atoms. The fourth-order valence-electron chi connectivity index (χ4n) is 5.49. The first kappa shape index (κ1) is 18.7. The zero-order valence-electron chi connectivity index (χ0n) is 17.9. The van der Waals surface area contributed by atoms with Gasteiger partial charge in [-0.15, -0.1) is 0 Å². The molecule has 2 fully saturated rings. The molecule has 5 heteroatoms. The highest BCUT2D eigenvalue weighted by molar-refractivity contribution is 5.92. The lowest BCUT2D eigenvalue weighted by molar-refractivity contribution is 0.160. The Hall–Kier alpha value is -3.05. The largest absolute Gasteiger partial charge is 0.370 e. The average Bonchev–Trinajstić information content (AvgIpc) is 3.33. The molecule has 4 aromatic rings. The maximum Gasteiger partial charge on any atom is 0.0935 e. The smallest absolute Gasteiger partial charge is 0.0935 e. The number of aromatic amines is 1. The highest BCUT2D eigenvalue weighted by atomic mass is 15.3. The van der Waals surface area contributed by atoms with Gasteiger partial charge in [0, 0.05) is 79.7 Å². The van der Waals surface area contributed by atoms with Crippen molar-refractivity contribution in [2.75, 3.05) is 49.1 Å². The zero-order valence-corrected chi connectivity index (χ0v) is 17.9. The summed E-state index contributed by atoms with van der Waals surface area (Å²) in [6.07, 6.45) is 6.42. The Labute approximate surface area is 183 Å². The van der Waals surface area contributed by atoms with Gasteiger partial charge in [-0.3, -0.25) is 9.88 Å². The predicted molar refractivity (Wildman–Crippen MR) is 129 cm³/mol. The Kier molecular flexibility index (Phi) is 4.76. The third-order valence-corrected chi connectivity index (χ3v) is 7.16. The molecule has 6 rings (SSSR count). The Balaban J connectivity index is 1.10. The van der Waals surface area contributed by atoms with E-state index in [-0.39, 0.29) is 0 Å². The number of pyridine rings is 1. The van der Waals surface area contributed by atoms with Crippen LogP contribution in [0.2, 0.25) is 0 Å². The van der Waals surface area contributed by atoms with Gasteiger partial charge < -0.3 is 14.8 Å². The van der Waals surface area contributed by atoms with Crippen molar-refractivity contribution in [2.45, 2.75) is 18.9 Å². The Morgan fingerprint density at radius 2 is 1.48 bits per heavy atom. The van der Waals surface area contributed by atoms with Crippen molar-refractivity contribution in [3.8, 4) is 0 Å². The number of piperidine rings is 1. The van der Waals surface area contributed by atoms with Crippen LogP contribution in [-0.2, 0) is 0 Å². The molecule has 0 aliphatic carbocycles. The summed E-state index contributed by atoms with van der Waals surface area (Å²) in [5, 5.41) is 2.57. The van der Waals surface area contributed by atoms with Gasteiger partial charge in [0.25, 0.3) is 0 Å². The monoisotopic (exact) mass is 411 g/mol. The third kappa shape index (κ3) is 3.43. The van der Waals surface area contributed by atoms with Gasteiger partial charge in [0.1, 0.15) is 0 Å². The van der Waals surface area contributed by atoms with Gasteiger partial charge in [0.05, 0.1) is 11.2 Å². The first-order valence-electron chi connectivity index (χ1n) is 11.5. The molecule has 5 nitrogen and oxygen atoms in total. The first-order chi connectivity index (χ1) is 15.4. The lowest BCUT2D eigenvalue weighted by Crippen LogP contribution is -2.53. The number of para-hydroxylation sites is 1. The van der Waals surface area contributed by atoms with Crippen molar-refractivity contribution < 1.29 is 0 Å². The fraction of sp³-hybridized carbons (Fsp3) is 0.346. The van der Waals surface area contributed by atoms with Crippen LogP contribution in [0.3, 0.4) is 0 Å². The molecule has 1 N–H and O–H groups in total. The summed E-state index contributed by atoms with van der Waals surface area (Å²) in [6, 6.07) is 20.2. The molecule has 0 amide bonds. The molecule has 0 unspecified atom stereocenters. The second-order valence-corrected chi connectivity index (χ2v) is 8.81. The van der Waals surface area contributed by atoms with E-state index in [1.54, 1.807) is 0 Å². The molecule has 158 valence electrons. The number of rotatable bonds is 3. The molecule has 31 heavy (non-hydrogen) atoms. The van der Waals surface area contributed by atoms with Crippen LogP contribution in [0, 0.1) is 0 Å². The van der Waals surface area contributed by atoms with Crippen LogP contribution in [0.15, 0.2) is 67.0 Å². The van der Waals surface area contributed by atoms with Crippen molar-refractivity contribution in [2.24, 2.45) is 0 Å². The van der Waals surface area contributed by atoms with Gasteiger partial charge >= 0.3 is 0 Å². The predicted octanol–water partition coefficient (Wildman–Crippen LogP) is 4.51. The van der Waals surface area contributed by atoms with Gasteiger partial charge in [0.15, 0.2) is 0 Å². The van der Waals surface area contributed by atoms with Crippen LogP contribution in [0.25, 0.3) is 21.8 Å². The van der Waals surface area contributed by atoms with Crippen molar-refractivity contribution in [1.82, 2.24) is 14.9 Å². The van der Waals surface area contributed by atoms with Gasteiger partial charge in [-0.2, -0.15) is 0 Å². The summed E-state index contributed by atoms with van der Waals surface area (Å²) in [7, 11) is 0. The van der Waals surface area contributed by atoms with E-state index in [4.69, 9.17) is 0 Å². The van der Waals surface area contributed by atoms with Crippen molar-refractivity contribution in [3.05, 3.63) is 67.0 Å². The molecule has 0 radical (unpaired) electrons. The van der Waals surface area contributed by atoms with Crippen LogP contribution in [0.1, 0.15) is 12.8 Å². The van der Waals surface area contributed by atoms with E-state index in [0.29, 0.717) is 6.04 Å². The number of benzene rings is 2. The normalized spacial score (nSPS) is 18.8. The van der Waals surface area contributed by atoms with Crippen LogP contribution in [0.5, 0.6) is 0 Å². The third-order valence-electron chi connectivity index (χ3n) is 7.16. The van der Waals surface area contributed by atoms with E-state index < -0.39 is 0 Å². The van der Waals surface area contributed by atoms with E-state index in [2.05, 4.69) is 73.2 Å². The topological polar surface area (TPSA) is 38.4 Å². The highest BCUT2D eigenvalue weighted by Crippen LogP contribution is 2.30. The molecule has 2 aliphatic heterocycles. The average molecular weight is 412 g/mol. The quantitative estimate of drug-likeness (QED) is 0.538. The van der Waals surface area contributed by atoms with Crippen LogP contribution < -0.4 is 9.80 Å². The highest BCUT2D eigenvalue weighted by Gasteiger charge is 2.28. The van der Waals surface area contributed by atoms with E-state index in [0.717, 1.165) is 44.8 Å². The number of H-pyrrole nitrogens is 1. The van der Waals surface area contributed by atoms with Crippen LogP contribution in [0.4, 0.5) is 11.4 Å². The summed E-state index contributed by atoms with van der Waals surface area (Å²) in [5.74, 6) is 0. The SMILES string of the molecule is c1cnc2c(N3CCC(N4CCN(c5cccc6[nH]ccc56)CC4)CC3)cccc2c1. The summed E-state index contributed by atoms with van der Waals surface area (Å²) in [6.45, 7) is 6.75. The van der Waals surface area contributed by atoms with Crippen molar-refractivity contribution in [3.63, 3.8) is 0 Å². The van der Waals surface area contributed by atoms with E-state index in [9.17, 15) is 0 Å². The van der Waals surface area contributed by atoms with Crippen molar-refractivity contribution >= 4 is 33.2 Å². The van der Waals surface area contributed by atoms with Gasteiger partial charge in [-0.1, -0.05) is 24.3 Å². The molecule has 2 aromatic carbocycles. The summed E-state index contributed by atoms with van der Waals surface area (Å²) in [5.41, 5.74) is 5.03. The molecule has 0 saturated carbocycles. The van der Waals surface area contributed by atoms with Crippen LogP contribution >= 0.6 is 0 Å². The Morgan fingerprint density at radius 1 is 0.742 bits per heavy atom. The van der Waals surface area contributed by atoms with Gasteiger partial charge in [-0.25, -0.2) is 0 Å². The molecular formula is C26H29N5. The van der Waals surface area contributed by atoms with E-state index in [1.807, 2.05) is 18.5 Å². The van der Waals surface area contributed by atoms with Gasteiger partial charge in [0.2, 0.25) is 0 Å². The van der Waals surface area contributed by atoms with Crippen LogP contribution in [-0.4, -0.2) is 60.2 Å². The molecule has 2 aromatic heterocycles. The Bertz CT molecular complexity index is 1180. The van der Waals surface area contributed by atoms with Crippen molar-refractivity contribution in [1.29, 1.82) is 0 Å². The minimum absolute atomic E-state index is 0.699. The zero-order chi connectivity index (χ0) is 20.6.